The van der Waals surface area contributed by atoms with E-state index in [0.29, 0.717) is 16.8 Å². The molecule has 3 nitrogen and oxygen atoms in total. The van der Waals surface area contributed by atoms with Crippen LogP contribution in [0.2, 0.25) is 5.02 Å². The lowest BCUT2D eigenvalue weighted by Gasteiger charge is -2.26. The van der Waals surface area contributed by atoms with Crippen molar-refractivity contribution in [1.82, 2.24) is 4.98 Å². The van der Waals surface area contributed by atoms with Gasteiger partial charge in [0.25, 0.3) is 0 Å². The van der Waals surface area contributed by atoms with Crippen LogP contribution in [0.5, 0.6) is 0 Å². The van der Waals surface area contributed by atoms with Gasteiger partial charge >= 0.3 is 0 Å². The van der Waals surface area contributed by atoms with Crippen molar-refractivity contribution in [2.75, 3.05) is 11.4 Å². The second-order valence-electron chi connectivity index (χ2n) is 5.29. The number of nitrogens with zero attached hydrogens (tertiary/aromatic N) is 3. The largest absolute Gasteiger partial charge is 0.353 e. The summed E-state index contributed by atoms with van der Waals surface area (Å²) in [6, 6.07) is 16.7. The molecule has 0 spiro atoms. The van der Waals surface area contributed by atoms with Gasteiger partial charge in [-0.15, -0.1) is 0 Å². The predicted octanol–water partition coefficient (Wildman–Crippen LogP) is 3.82. The summed E-state index contributed by atoms with van der Waals surface area (Å²) in [6.45, 7) is 0.983. The van der Waals surface area contributed by atoms with Crippen LogP contribution >= 0.6 is 11.6 Å². The lowest BCUT2D eigenvalue weighted by molar-refractivity contribution is 0.658. The Labute approximate surface area is 129 Å². The number of aromatic nitrogens is 1. The van der Waals surface area contributed by atoms with Crippen LogP contribution in [-0.4, -0.2) is 17.6 Å². The Hall–Kier alpha value is -2.05. The van der Waals surface area contributed by atoms with Gasteiger partial charge in [0.05, 0.1) is 5.02 Å². The molecule has 21 heavy (non-hydrogen) atoms. The summed E-state index contributed by atoms with van der Waals surface area (Å²) in [5.74, 6) is 0.856. The number of anilines is 1. The van der Waals surface area contributed by atoms with E-state index in [1.807, 2.05) is 12.1 Å². The second-order valence-corrected chi connectivity index (χ2v) is 5.70. The van der Waals surface area contributed by atoms with E-state index >= 15 is 0 Å². The van der Waals surface area contributed by atoms with E-state index in [2.05, 4.69) is 40.2 Å². The lowest BCUT2D eigenvalue weighted by Crippen LogP contribution is -2.31. The van der Waals surface area contributed by atoms with E-state index in [1.165, 1.54) is 5.56 Å². The first kappa shape index (κ1) is 13.9. The average Bonchev–Trinajstić information content (AvgIpc) is 2.97. The van der Waals surface area contributed by atoms with Crippen LogP contribution in [-0.2, 0) is 6.42 Å². The molecule has 1 atom stereocenters. The molecule has 3 rings (SSSR count). The van der Waals surface area contributed by atoms with Crippen molar-refractivity contribution in [1.29, 1.82) is 5.26 Å². The Balaban J connectivity index is 1.82. The van der Waals surface area contributed by atoms with E-state index in [9.17, 15) is 0 Å². The van der Waals surface area contributed by atoms with Gasteiger partial charge in [-0.25, -0.2) is 4.98 Å². The minimum Gasteiger partial charge on any atom is -0.353 e. The fourth-order valence-corrected chi connectivity index (χ4v) is 3.05. The highest BCUT2D eigenvalue weighted by Crippen LogP contribution is 2.28. The summed E-state index contributed by atoms with van der Waals surface area (Å²) in [6.07, 6.45) is 3.32. The lowest BCUT2D eigenvalue weighted by atomic mass is 10.0. The fourth-order valence-electron chi connectivity index (χ4n) is 2.91. The minimum atomic E-state index is 0.305. The first-order valence-corrected chi connectivity index (χ1v) is 7.53. The molecule has 1 aromatic carbocycles. The van der Waals surface area contributed by atoms with Crippen molar-refractivity contribution < 1.29 is 0 Å². The summed E-state index contributed by atoms with van der Waals surface area (Å²) >= 11 is 5.97. The van der Waals surface area contributed by atoms with Crippen LogP contribution < -0.4 is 4.90 Å². The molecule has 1 aromatic heterocycles. The van der Waals surface area contributed by atoms with Crippen LogP contribution in [0.1, 0.15) is 24.1 Å². The van der Waals surface area contributed by atoms with Gasteiger partial charge in [-0.05, 0) is 37.0 Å². The Morgan fingerprint density at radius 2 is 2.05 bits per heavy atom. The standard InChI is InChI=1S/C17H16ClN3/c18-15-8-9-17(20-16(15)12-19)21-10-4-7-14(21)11-13-5-2-1-3-6-13/h1-3,5-6,8-9,14H,4,7,10-11H2. The van der Waals surface area contributed by atoms with Gasteiger partial charge < -0.3 is 4.90 Å². The summed E-state index contributed by atoms with van der Waals surface area (Å²) in [4.78, 5) is 6.69. The molecule has 1 aliphatic heterocycles. The first-order chi connectivity index (χ1) is 10.3. The zero-order chi connectivity index (χ0) is 14.7. The molecular weight excluding hydrogens is 282 g/mol. The number of pyridine rings is 1. The van der Waals surface area contributed by atoms with E-state index in [0.717, 1.165) is 31.6 Å². The summed E-state index contributed by atoms with van der Waals surface area (Å²) in [7, 11) is 0. The maximum absolute atomic E-state index is 9.07. The molecule has 0 amide bonds. The Morgan fingerprint density at radius 1 is 1.24 bits per heavy atom. The van der Waals surface area contributed by atoms with Crippen LogP contribution in [0.25, 0.3) is 0 Å². The number of hydrogen-bond acceptors (Lipinski definition) is 3. The highest BCUT2D eigenvalue weighted by Gasteiger charge is 2.26. The number of halogens is 1. The minimum absolute atomic E-state index is 0.305. The van der Waals surface area contributed by atoms with Gasteiger partial charge in [0.1, 0.15) is 11.9 Å². The zero-order valence-corrected chi connectivity index (χ0v) is 12.4. The van der Waals surface area contributed by atoms with Gasteiger partial charge in [-0.2, -0.15) is 5.26 Å². The summed E-state index contributed by atoms with van der Waals surface area (Å²) in [5, 5.41) is 9.49. The second kappa shape index (κ2) is 6.15. The number of benzene rings is 1. The fraction of sp³-hybridized carbons (Fsp3) is 0.294. The molecule has 0 aliphatic carbocycles. The molecule has 1 aliphatic rings. The van der Waals surface area contributed by atoms with Crippen molar-refractivity contribution in [2.45, 2.75) is 25.3 Å². The number of nitriles is 1. The molecule has 106 valence electrons. The molecule has 2 aromatic rings. The van der Waals surface area contributed by atoms with E-state index in [4.69, 9.17) is 16.9 Å². The molecule has 1 unspecified atom stereocenters. The van der Waals surface area contributed by atoms with Crippen molar-refractivity contribution >= 4 is 17.4 Å². The third kappa shape index (κ3) is 3.01. The zero-order valence-electron chi connectivity index (χ0n) is 11.7. The molecule has 0 radical (unpaired) electrons. The molecule has 2 heterocycles. The molecule has 1 fully saturated rings. The smallest absolute Gasteiger partial charge is 0.161 e. The third-order valence-electron chi connectivity index (χ3n) is 3.92. The van der Waals surface area contributed by atoms with Gasteiger partial charge in [-0.1, -0.05) is 41.9 Å². The quantitative estimate of drug-likeness (QED) is 0.864. The van der Waals surface area contributed by atoms with Gasteiger partial charge in [-0.3, -0.25) is 0 Å². The van der Waals surface area contributed by atoms with Crippen LogP contribution in [0.3, 0.4) is 0 Å². The van der Waals surface area contributed by atoms with Gasteiger partial charge in [0, 0.05) is 12.6 Å². The molecule has 0 bridgehead atoms. The molecule has 4 heteroatoms. The summed E-state index contributed by atoms with van der Waals surface area (Å²) < 4.78 is 0. The topological polar surface area (TPSA) is 39.9 Å². The summed E-state index contributed by atoms with van der Waals surface area (Å²) in [5.41, 5.74) is 1.64. The van der Waals surface area contributed by atoms with Crippen LogP contribution in [0.4, 0.5) is 5.82 Å². The number of hydrogen-bond donors (Lipinski definition) is 0. The molecular formula is C17H16ClN3. The maximum atomic E-state index is 9.07. The highest BCUT2D eigenvalue weighted by atomic mass is 35.5. The first-order valence-electron chi connectivity index (χ1n) is 7.15. The van der Waals surface area contributed by atoms with Crippen molar-refractivity contribution in [3.05, 3.63) is 58.7 Å². The van der Waals surface area contributed by atoms with E-state index < -0.39 is 0 Å². The van der Waals surface area contributed by atoms with E-state index in [1.54, 1.807) is 6.07 Å². The molecule has 1 saturated heterocycles. The normalized spacial score (nSPS) is 17.7. The number of rotatable bonds is 3. The van der Waals surface area contributed by atoms with Crippen LogP contribution in [0, 0.1) is 11.3 Å². The SMILES string of the molecule is N#Cc1nc(N2CCCC2Cc2ccccc2)ccc1Cl. The van der Waals surface area contributed by atoms with E-state index in [-0.39, 0.29) is 0 Å². The molecule has 0 saturated carbocycles. The third-order valence-corrected chi connectivity index (χ3v) is 4.23. The monoisotopic (exact) mass is 297 g/mol. The molecule has 0 N–H and O–H groups in total. The maximum Gasteiger partial charge on any atom is 0.161 e. The van der Waals surface area contributed by atoms with Gasteiger partial charge in [0.15, 0.2) is 5.69 Å². The van der Waals surface area contributed by atoms with Crippen molar-refractivity contribution in [2.24, 2.45) is 0 Å². The van der Waals surface area contributed by atoms with Crippen molar-refractivity contribution in [3.63, 3.8) is 0 Å². The highest BCUT2D eigenvalue weighted by molar-refractivity contribution is 6.31. The van der Waals surface area contributed by atoms with Gasteiger partial charge in [0.2, 0.25) is 0 Å². The Kier molecular flexibility index (Phi) is 4.08. The Bertz CT molecular complexity index is 663. The Morgan fingerprint density at radius 3 is 2.81 bits per heavy atom. The van der Waals surface area contributed by atoms with Crippen LogP contribution in [0.15, 0.2) is 42.5 Å². The predicted molar refractivity (Wildman–Crippen MR) is 84.5 cm³/mol. The van der Waals surface area contributed by atoms with Crippen molar-refractivity contribution in [3.8, 4) is 6.07 Å². The average molecular weight is 298 g/mol.